The first kappa shape index (κ1) is 25.6. The van der Waals surface area contributed by atoms with Gasteiger partial charge in [0.1, 0.15) is 5.82 Å². The van der Waals surface area contributed by atoms with E-state index in [0.29, 0.717) is 34.9 Å². The minimum atomic E-state index is -4.80. The molecule has 1 aromatic heterocycles. The molecule has 0 saturated carbocycles. The van der Waals surface area contributed by atoms with Crippen molar-refractivity contribution in [3.63, 3.8) is 0 Å². The molecule has 0 unspecified atom stereocenters. The van der Waals surface area contributed by atoms with Crippen LogP contribution in [-0.4, -0.2) is 27.4 Å². The fourth-order valence-corrected chi connectivity index (χ4v) is 4.44. The van der Waals surface area contributed by atoms with Crippen molar-refractivity contribution in [2.24, 2.45) is 0 Å². The van der Waals surface area contributed by atoms with E-state index < -0.39 is 17.8 Å². The van der Waals surface area contributed by atoms with E-state index in [1.807, 2.05) is 6.92 Å². The number of fused-ring (bicyclic) bond motifs is 1. The molecule has 10 heteroatoms. The molecular formula is C26H24ClF3N2O4. The molecule has 0 radical (unpaired) electrons. The lowest BCUT2D eigenvalue weighted by atomic mass is 9.97. The van der Waals surface area contributed by atoms with Gasteiger partial charge in [0.05, 0.1) is 17.8 Å². The number of unbranched alkanes of at least 4 members (excludes halogenated alkanes) is 1. The lowest BCUT2D eigenvalue weighted by Crippen LogP contribution is -2.14. The molecule has 0 spiro atoms. The number of hydrogen-bond donors (Lipinski definition) is 1. The van der Waals surface area contributed by atoms with E-state index in [0.717, 1.165) is 6.42 Å². The summed E-state index contributed by atoms with van der Waals surface area (Å²) in [4.78, 5) is 16.4. The third kappa shape index (κ3) is 5.06. The predicted molar refractivity (Wildman–Crippen MR) is 129 cm³/mol. The van der Waals surface area contributed by atoms with Gasteiger partial charge in [0, 0.05) is 11.4 Å². The molecule has 0 bridgehead atoms. The van der Waals surface area contributed by atoms with Crippen LogP contribution in [0.1, 0.15) is 55.0 Å². The second-order valence-electron chi connectivity index (χ2n) is 8.38. The first-order valence-corrected chi connectivity index (χ1v) is 11.7. The monoisotopic (exact) mass is 520 g/mol. The van der Waals surface area contributed by atoms with E-state index >= 15 is 0 Å². The summed E-state index contributed by atoms with van der Waals surface area (Å²) < 4.78 is 54.9. The number of carboxylic acid groups (broad SMARTS) is 1. The second kappa shape index (κ2) is 10.3. The summed E-state index contributed by atoms with van der Waals surface area (Å²) in [6.07, 6.45) is -3.14. The van der Waals surface area contributed by atoms with E-state index in [9.17, 15) is 23.1 Å². The number of aliphatic carboxylic acids is 1. The highest BCUT2D eigenvalue weighted by Gasteiger charge is 2.40. The van der Waals surface area contributed by atoms with Crippen LogP contribution in [0.3, 0.4) is 0 Å². The zero-order valence-electron chi connectivity index (χ0n) is 19.7. The van der Waals surface area contributed by atoms with Gasteiger partial charge < -0.3 is 19.1 Å². The first-order chi connectivity index (χ1) is 17.1. The Balaban J connectivity index is 1.98. The summed E-state index contributed by atoms with van der Waals surface area (Å²) in [7, 11) is 0. The fourth-order valence-electron chi connectivity index (χ4n) is 4.24. The van der Waals surface area contributed by atoms with Crippen LogP contribution in [0, 0.1) is 0 Å². The van der Waals surface area contributed by atoms with Gasteiger partial charge in [-0.05, 0) is 48.2 Å². The smallest absolute Gasteiger partial charge is 0.435 e. The van der Waals surface area contributed by atoms with Crippen LogP contribution in [0.4, 0.5) is 13.2 Å². The van der Waals surface area contributed by atoms with Crippen LogP contribution in [0.15, 0.2) is 42.5 Å². The zero-order chi connectivity index (χ0) is 26.0. The lowest BCUT2D eigenvalue weighted by molar-refractivity contribution is -0.141. The van der Waals surface area contributed by atoms with Crippen molar-refractivity contribution in [2.45, 2.75) is 45.8 Å². The summed E-state index contributed by atoms with van der Waals surface area (Å²) in [5.41, 5.74) is -1.01. The van der Waals surface area contributed by atoms with E-state index in [1.165, 1.54) is 29.7 Å². The minimum Gasteiger partial charge on any atom is -0.478 e. The molecule has 36 heavy (non-hydrogen) atoms. The third-order valence-corrected chi connectivity index (χ3v) is 6.33. The van der Waals surface area contributed by atoms with Gasteiger partial charge in [-0.25, -0.2) is 9.78 Å². The van der Waals surface area contributed by atoms with Gasteiger partial charge in [0.25, 0.3) is 0 Å². The Bertz CT molecular complexity index is 1330. The summed E-state index contributed by atoms with van der Waals surface area (Å²) in [6, 6.07) is 11.3. The number of carbonyl (C=O) groups is 1. The highest BCUT2D eigenvalue weighted by Crippen LogP contribution is 2.41. The van der Waals surface area contributed by atoms with E-state index in [-0.39, 0.29) is 41.6 Å². The average molecular weight is 521 g/mol. The Morgan fingerprint density at radius 1 is 1.17 bits per heavy atom. The predicted octanol–water partition coefficient (Wildman–Crippen LogP) is 6.69. The van der Waals surface area contributed by atoms with Gasteiger partial charge in [-0.15, -0.1) is 0 Å². The Hall–Kier alpha value is -3.46. The van der Waals surface area contributed by atoms with Gasteiger partial charge >= 0.3 is 12.1 Å². The Kier molecular flexibility index (Phi) is 7.31. The van der Waals surface area contributed by atoms with Crippen molar-refractivity contribution < 1.29 is 32.5 Å². The van der Waals surface area contributed by atoms with Crippen LogP contribution >= 0.6 is 11.6 Å². The molecule has 0 saturated heterocycles. The zero-order valence-corrected chi connectivity index (χ0v) is 20.4. The van der Waals surface area contributed by atoms with Crippen LogP contribution in [0.5, 0.6) is 11.5 Å². The van der Waals surface area contributed by atoms with Crippen molar-refractivity contribution in [3.8, 4) is 11.5 Å². The molecular weight excluding hydrogens is 497 g/mol. The van der Waals surface area contributed by atoms with E-state index in [1.54, 1.807) is 24.3 Å². The molecule has 6 nitrogen and oxygen atoms in total. The number of benzene rings is 2. The number of hydrogen-bond acceptors (Lipinski definition) is 4. The van der Waals surface area contributed by atoms with Gasteiger partial charge in [0.15, 0.2) is 17.2 Å². The van der Waals surface area contributed by atoms with Crippen molar-refractivity contribution in [3.05, 3.63) is 75.8 Å². The normalized spacial score (nSPS) is 13.6. The molecule has 0 atom stereocenters. The van der Waals surface area contributed by atoms with Crippen molar-refractivity contribution in [1.82, 2.24) is 9.55 Å². The van der Waals surface area contributed by atoms with Crippen LogP contribution in [0.2, 0.25) is 5.02 Å². The van der Waals surface area contributed by atoms with Crippen LogP contribution in [-0.2, 0) is 23.9 Å². The highest BCUT2D eigenvalue weighted by atomic mass is 35.5. The van der Waals surface area contributed by atoms with Gasteiger partial charge in [-0.3, -0.25) is 0 Å². The second-order valence-corrected chi connectivity index (χ2v) is 8.78. The van der Waals surface area contributed by atoms with Crippen LogP contribution < -0.4 is 9.47 Å². The van der Waals surface area contributed by atoms with E-state index in [2.05, 4.69) is 4.98 Å². The molecule has 190 valence electrons. The van der Waals surface area contributed by atoms with Crippen molar-refractivity contribution in [1.29, 1.82) is 0 Å². The molecule has 1 N–H and O–H groups in total. The topological polar surface area (TPSA) is 73.6 Å². The fraction of sp³-hybridized carbons (Fsp3) is 0.308. The van der Waals surface area contributed by atoms with Gasteiger partial charge in [-0.1, -0.05) is 49.2 Å². The standard InChI is InChI=1S/C26H24ClF3N2O4/c1-3-4-9-21-31-24(26(28,29)30)23(32(21)13-17-7-5-6-8-18(17)27)15(2)22(25(33)34)16-10-11-19-20(12-16)36-14-35-19/h5-8,10-12H,3-4,9,13-14H2,1-2H3,(H,33,34)/b22-15+. The number of ether oxygens (including phenoxy) is 2. The number of alkyl halides is 3. The quantitative estimate of drug-likeness (QED) is 0.335. The molecule has 0 amide bonds. The number of rotatable bonds is 8. The Morgan fingerprint density at radius 3 is 2.56 bits per heavy atom. The van der Waals surface area contributed by atoms with Gasteiger partial charge in [-0.2, -0.15) is 13.2 Å². The number of allylic oxidation sites excluding steroid dienone is 1. The summed E-state index contributed by atoms with van der Waals surface area (Å²) in [6.45, 7) is 3.28. The summed E-state index contributed by atoms with van der Waals surface area (Å²) >= 11 is 6.33. The van der Waals surface area contributed by atoms with Gasteiger partial charge in [0.2, 0.25) is 6.79 Å². The molecule has 2 heterocycles. The maximum absolute atomic E-state index is 14.3. The summed E-state index contributed by atoms with van der Waals surface area (Å²) in [5.74, 6) is -0.403. The molecule has 1 aliphatic heterocycles. The number of carboxylic acids is 1. The molecule has 3 aromatic rings. The number of imidazole rings is 1. The first-order valence-electron chi connectivity index (χ1n) is 11.4. The SMILES string of the molecule is CCCCc1nc(C(F)(F)F)c(/C(C)=C(/C(=O)O)c2ccc3c(c2)OCO3)n1Cc1ccccc1Cl. The minimum absolute atomic E-state index is 0.00249. The maximum atomic E-state index is 14.3. The average Bonchev–Trinajstić information content (AvgIpc) is 3.43. The Morgan fingerprint density at radius 2 is 1.89 bits per heavy atom. The molecule has 1 aliphatic rings. The molecule has 4 rings (SSSR count). The highest BCUT2D eigenvalue weighted by molar-refractivity contribution is 6.31. The third-order valence-electron chi connectivity index (χ3n) is 5.96. The molecule has 0 fully saturated rings. The number of aromatic nitrogens is 2. The maximum Gasteiger partial charge on any atom is 0.435 e. The molecule has 2 aromatic carbocycles. The van der Waals surface area contributed by atoms with Crippen molar-refractivity contribution in [2.75, 3.05) is 6.79 Å². The van der Waals surface area contributed by atoms with Crippen molar-refractivity contribution >= 4 is 28.7 Å². The largest absolute Gasteiger partial charge is 0.478 e. The summed E-state index contributed by atoms with van der Waals surface area (Å²) in [5, 5.41) is 10.5. The van der Waals surface area contributed by atoms with Crippen LogP contribution in [0.25, 0.3) is 11.1 Å². The van der Waals surface area contributed by atoms with E-state index in [4.69, 9.17) is 21.1 Å². The molecule has 0 aliphatic carbocycles. The number of aryl methyl sites for hydroxylation is 1. The lowest BCUT2D eigenvalue weighted by Gasteiger charge is -2.17. The number of halogens is 4. The Labute approximate surface area is 210 Å². The number of nitrogens with zero attached hydrogens (tertiary/aromatic N) is 2.